The molecule has 6 nitrogen and oxygen atoms in total. The summed E-state index contributed by atoms with van der Waals surface area (Å²) in [6, 6.07) is 19.4. The molecule has 1 aliphatic rings. The third kappa shape index (κ3) is 3.78. The van der Waals surface area contributed by atoms with Crippen molar-refractivity contribution in [1.29, 1.82) is 0 Å². The molecule has 0 saturated heterocycles. The van der Waals surface area contributed by atoms with Gasteiger partial charge in [-0.05, 0) is 30.5 Å². The van der Waals surface area contributed by atoms with Crippen LogP contribution in [0.3, 0.4) is 0 Å². The fourth-order valence-electron chi connectivity index (χ4n) is 4.05. The van der Waals surface area contributed by atoms with Gasteiger partial charge in [0.1, 0.15) is 12.2 Å². The second kappa shape index (κ2) is 8.24. The minimum Gasteiger partial charge on any atom is -0.308 e. The smallest absolute Gasteiger partial charge is 0.138 e. The molecule has 0 saturated carbocycles. The van der Waals surface area contributed by atoms with Gasteiger partial charge in [-0.25, -0.2) is 14.3 Å². The van der Waals surface area contributed by atoms with E-state index < -0.39 is 0 Å². The van der Waals surface area contributed by atoms with Gasteiger partial charge in [-0.2, -0.15) is 10.2 Å². The number of aryl methyl sites for hydroxylation is 2. The van der Waals surface area contributed by atoms with Gasteiger partial charge in [-0.15, -0.1) is 0 Å². The molecule has 0 radical (unpaired) electrons. The summed E-state index contributed by atoms with van der Waals surface area (Å²) in [5.41, 5.74) is 5.80. The minimum atomic E-state index is 0.384. The summed E-state index contributed by atoms with van der Waals surface area (Å²) in [4.78, 5) is 4.33. The summed E-state index contributed by atoms with van der Waals surface area (Å²) >= 11 is 0. The zero-order valence-corrected chi connectivity index (χ0v) is 17.2. The average molecular weight is 399 g/mol. The average Bonchev–Trinajstić information content (AvgIpc) is 3.45. The van der Waals surface area contributed by atoms with E-state index in [-0.39, 0.29) is 0 Å². The van der Waals surface area contributed by atoms with Gasteiger partial charge in [0.15, 0.2) is 0 Å². The van der Waals surface area contributed by atoms with Gasteiger partial charge in [0.2, 0.25) is 0 Å². The highest BCUT2D eigenvalue weighted by atomic mass is 15.3. The third-order valence-corrected chi connectivity index (χ3v) is 5.83. The van der Waals surface area contributed by atoms with E-state index in [2.05, 4.69) is 64.9 Å². The lowest BCUT2D eigenvalue weighted by Crippen LogP contribution is -2.37. The highest BCUT2D eigenvalue weighted by Gasteiger charge is 2.20. The molecule has 1 atom stereocenters. The lowest BCUT2D eigenvalue weighted by Gasteiger charge is -2.23. The van der Waals surface area contributed by atoms with Crippen LogP contribution in [0.25, 0.3) is 16.9 Å². The Hall–Kier alpha value is -3.25. The highest BCUT2D eigenvalue weighted by molar-refractivity contribution is 5.63. The SMILES string of the molecule is CCc1ccc(-c2nn(-c3ccccc3)cc2CNC2CCc3ncnn3C2)cc1. The molecule has 0 bridgehead atoms. The molecular formula is C24H26N6. The topological polar surface area (TPSA) is 60.6 Å². The summed E-state index contributed by atoms with van der Waals surface area (Å²) in [5, 5.41) is 13.0. The molecule has 1 aliphatic heterocycles. The normalized spacial score (nSPS) is 15.8. The summed E-state index contributed by atoms with van der Waals surface area (Å²) in [7, 11) is 0. The van der Waals surface area contributed by atoms with Crippen LogP contribution in [0, 0.1) is 0 Å². The molecule has 0 aliphatic carbocycles. The fourth-order valence-corrected chi connectivity index (χ4v) is 4.05. The number of aromatic nitrogens is 5. The predicted octanol–water partition coefficient (Wildman–Crippen LogP) is 3.80. The monoisotopic (exact) mass is 398 g/mol. The molecule has 152 valence electrons. The van der Waals surface area contributed by atoms with E-state index in [0.717, 1.165) is 55.1 Å². The largest absolute Gasteiger partial charge is 0.308 e. The Labute approximate surface area is 176 Å². The Morgan fingerprint density at radius 1 is 1.07 bits per heavy atom. The first-order valence-corrected chi connectivity index (χ1v) is 10.6. The summed E-state index contributed by atoms with van der Waals surface area (Å²) < 4.78 is 4.00. The molecule has 6 heteroatoms. The predicted molar refractivity (Wildman–Crippen MR) is 117 cm³/mol. The van der Waals surface area contributed by atoms with Crippen LogP contribution in [0.1, 0.15) is 30.3 Å². The van der Waals surface area contributed by atoms with Crippen LogP contribution in [0.4, 0.5) is 0 Å². The van der Waals surface area contributed by atoms with Gasteiger partial charge >= 0.3 is 0 Å². The molecular weight excluding hydrogens is 372 g/mol. The molecule has 3 heterocycles. The number of fused-ring (bicyclic) bond motifs is 1. The van der Waals surface area contributed by atoms with Crippen molar-refractivity contribution in [1.82, 2.24) is 29.9 Å². The number of nitrogens with one attached hydrogen (secondary N) is 1. The van der Waals surface area contributed by atoms with E-state index in [1.54, 1.807) is 6.33 Å². The van der Waals surface area contributed by atoms with Crippen LogP contribution in [-0.4, -0.2) is 30.6 Å². The van der Waals surface area contributed by atoms with Crippen LogP contribution < -0.4 is 5.32 Å². The molecule has 30 heavy (non-hydrogen) atoms. The molecule has 4 aromatic rings. The van der Waals surface area contributed by atoms with E-state index in [1.165, 1.54) is 11.1 Å². The van der Waals surface area contributed by atoms with Crippen molar-refractivity contribution >= 4 is 0 Å². The van der Waals surface area contributed by atoms with Crippen molar-refractivity contribution in [2.75, 3.05) is 0 Å². The first-order chi connectivity index (χ1) is 14.8. The molecule has 0 spiro atoms. The summed E-state index contributed by atoms with van der Waals surface area (Å²) in [6.45, 7) is 3.81. The number of nitrogens with zero attached hydrogens (tertiary/aromatic N) is 5. The van der Waals surface area contributed by atoms with E-state index in [0.29, 0.717) is 6.04 Å². The number of hydrogen-bond donors (Lipinski definition) is 1. The summed E-state index contributed by atoms with van der Waals surface area (Å²) in [6.07, 6.45) is 6.88. The number of hydrogen-bond acceptors (Lipinski definition) is 4. The van der Waals surface area contributed by atoms with Gasteiger partial charge in [-0.3, -0.25) is 0 Å². The fraction of sp³-hybridized carbons (Fsp3) is 0.292. The van der Waals surface area contributed by atoms with Gasteiger partial charge in [0.25, 0.3) is 0 Å². The number of para-hydroxylation sites is 1. The Morgan fingerprint density at radius 3 is 2.70 bits per heavy atom. The van der Waals surface area contributed by atoms with E-state index in [1.807, 2.05) is 27.6 Å². The maximum Gasteiger partial charge on any atom is 0.138 e. The summed E-state index contributed by atoms with van der Waals surface area (Å²) in [5.74, 6) is 1.08. The zero-order valence-electron chi connectivity index (χ0n) is 17.2. The van der Waals surface area contributed by atoms with E-state index in [4.69, 9.17) is 5.10 Å². The van der Waals surface area contributed by atoms with Crippen molar-refractivity contribution in [3.8, 4) is 16.9 Å². The molecule has 2 aromatic carbocycles. The Balaban J connectivity index is 1.41. The second-order valence-corrected chi connectivity index (χ2v) is 7.81. The standard InChI is InChI=1S/C24H26N6/c1-2-18-8-10-19(11-9-18)24-20(15-29(28-24)22-6-4-3-5-7-22)14-25-21-12-13-23-26-17-27-30(23)16-21/h3-11,15,17,21,25H,2,12-14,16H2,1H3. The molecule has 0 fully saturated rings. The first kappa shape index (κ1) is 18.8. The molecule has 1 unspecified atom stereocenters. The van der Waals surface area contributed by atoms with Gasteiger partial charge in [0, 0.05) is 36.3 Å². The van der Waals surface area contributed by atoms with Crippen molar-refractivity contribution in [3.05, 3.63) is 84.1 Å². The highest BCUT2D eigenvalue weighted by Crippen LogP contribution is 2.25. The van der Waals surface area contributed by atoms with Crippen molar-refractivity contribution < 1.29 is 0 Å². The van der Waals surface area contributed by atoms with Crippen LogP contribution in [0.15, 0.2) is 67.1 Å². The minimum absolute atomic E-state index is 0.384. The number of rotatable bonds is 6. The maximum atomic E-state index is 4.95. The Bertz CT molecular complexity index is 1110. The second-order valence-electron chi connectivity index (χ2n) is 7.81. The first-order valence-electron chi connectivity index (χ1n) is 10.6. The van der Waals surface area contributed by atoms with E-state index in [9.17, 15) is 0 Å². The quantitative estimate of drug-likeness (QED) is 0.537. The van der Waals surface area contributed by atoms with Crippen molar-refractivity contribution in [2.24, 2.45) is 0 Å². The Kier molecular flexibility index (Phi) is 5.15. The van der Waals surface area contributed by atoms with Crippen LogP contribution in [0.2, 0.25) is 0 Å². The molecule has 0 amide bonds. The van der Waals surface area contributed by atoms with Gasteiger partial charge in [0.05, 0.1) is 17.9 Å². The van der Waals surface area contributed by atoms with Crippen molar-refractivity contribution in [2.45, 2.75) is 45.3 Å². The molecule has 1 N–H and O–H groups in total. The van der Waals surface area contributed by atoms with E-state index >= 15 is 0 Å². The van der Waals surface area contributed by atoms with Crippen LogP contribution >= 0.6 is 0 Å². The molecule has 5 rings (SSSR count). The van der Waals surface area contributed by atoms with Gasteiger partial charge in [-0.1, -0.05) is 49.4 Å². The van der Waals surface area contributed by atoms with Crippen molar-refractivity contribution in [3.63, 3.8) is 0 Å². The lowest BCUT2D eigenvalue weighted by molar-refractivity contribution is 0.358. The lowest BCUT2D eigenvalue weighted by atomic mass is 10.0. The Morgan fingerprint density at radius 2 is 1.90 bits per heavy atom. The molecule has 2 aromatic heterocycles. The van der Waals surface area contributed by atoms with Gasteiger partial charge < -0.3 is 5.32 Å². The number of benzene rings is 2. The maximum absolute atomic E-state index is 4.95. The zero-order chi connectivity index (χ0) is 20.3. The van der Waals surface area contributed by atoms with Crippen LogP contribution in [0.5, 0.6) is 0 Å². The third-order valence-electron chi connectivity index (χ3n) is 5.83. The van der Waals surface area contributed by atoms with Crippen LogP contribution in [-0.2, 0) is 25.9 Å².